The summed E-state index contributed by atoms with van der Waals surface area (Å²) in [5.41, 5.74) is 0.185. The molecule has 2 saturated heterocycles. The normalized spacial score (nSPS) is 24.5. The van der Waals surface area contributed by atoms with E-state index in [4.69, 9.17) is 4.74 Å². The van der Waals surface area contributed by atoms with E-state index in [-0.39, 0.29) is 29.3 Å². The lowest BCUT2D eigenvalue weighted by Gasteiger charge is -2.37. The second-order valence-electron chi connectivity index (χ2n) is 8.34. The van der Waals surface area contributed by atoms with Gasteiger partial charge in [0.15, 0.2) is 0 Å². The van der Waals surface area contributed by atoms with Crippen molar-refractivity contribution in [2.75, 3.05) is 31.6 Å². The average Bonchev–Trinajstić information content (AvgIpc) is 3.31. The molecule has 6 nitrogen and oxygen atoms in total. The predicted molar refractivity (Wildman–Crippen MR) is 103 cm³/mol. The number of nitrogens with one attached hydrogen (secondary N) is 2. The van der Waals surface area contributed by atoms with E-state index in [0.29, 0.717) is 32.0 Å². The molecule has 0 radical (unpaired) electrons. The van der Waals surface area contributed by atoms with Gasteiger partial charge in [0.1, 0.15) is 5.82 Å². The summed E-state index contributed by atoms with van der Waals surface area (Å²) >= 11 is 0. The summed E-state index contributed by atoms with van der Waals surface area (Å²) in [4.78, 5) is 27.6. The van der Waals surface area contributed by atoms with Crippen molar-refractivity contribution < 1.29 is 18.7 Å². The van der Waals surface area contributed by atoms with E-state index in [1.165, 1.54) is 12.1 Å². The number of nitrogens with zero attached hydrogens (tertiary/aromatic N) is 1. The molecule has 28 heavy (non-hydrogen) atoms. The van der Waals surface area contributed by atoms with Crippen molar-refractivity contribution in [3.63, 3.8) is 0 Å². The van der Waals surface area contributed by atoms with Crippen LogP contribution < -0.4 is 10.6 Å². The Morgan fingerprint density at radius 1 is 1.18 bits per heavy atom. The Kier molecular flexibility index (Phi) is 5.53. The fourth-order valence-electron chi connectivity index (χ4n) is 4.91. The van der Waals surface area contributed by atoms with Gasteiger partial charge in [0.2, 0.25) is 5.91 Å². The Hall–Kier alpha value is -2.15. The summed E-state index contributed by atoms with van der Waals surface area (Å²) in [6.07, 6.45) is 5.96. The molecule has 2 heterocycles. The van der Waals surface area contributed by atoms with E-state index in [0.717, 1.165) is 38.5 Å². The van der Waals surface area contributed by atoms with E-state index in [2.05, 4.69) is 10.6 Å². The third-order valence-electron chi connectivity index (χ3n) is 6.52. The van der Waals surface area contributed by atoms with Crippen LogP contribution in [0, 0.1) is 17.2 Å². The third kappa shape index (κ3) is 3.99. The maximum atomic E-state index is 13.4. The largest absolute Gasteiger partial charge is 0.381 e. The summed E-state index contributed by atoms with van der Waals surface area (Å²) in [7, 11) is 0. The highest BCUT2D eigenvalue weighted by atomic mass is 19.1. The van der Waals surface area contributed by atoms with Gasteiger partial charge in [-0.25, -0.2) is 9.18 Å². The Morgan fingerprint density at radius 3 is 2.64 bits per heavy atom. The average molecular weight is 389 g/mol. The highest BCUT2D eigenvalue weighted by molar-refractivity contribution is 5.90. The number of halogens is 1. The van der Waals surface area contributed by atoms with Crippen LogP contribution in [-0.4, -0.2) is 49.2 Å². The number of anilines is 1. The molecule has 1 aliphatic carbocycles. The molecule has 2 N–H and O–H groups in total. The van der Waals surface area contributed by atoms with Gasteiger partial charge in [-0.15, -0.1) is 0 Å². The quantitative estimate of drug-likeness (QED) is 0.834. The Balaban J connectivity index is 1.47. The van der Waals surface area contributed by atoms with E-state index >= 15 is 0 Å². The number of rotatable bonds is 3. The lowest BCUT2D eigenvalue weighted by Crippen LogP contribution is -2.46. The Labute approximate surface area is 164 Å². The van der Waals surface area contributed by atoms with Crippen LogP contribution in [0.2, 0.25) is 0 Å². The number of carbonyl (C=O) groups is 2. The zero-order chi connectivity index (χ0) is 19.6. The van der Waals surface area contributed by atoms with E-state index < -0.39 is 5.82 Å². The maximum Gasteiger partial charge on any atom is 0.321 e. The van der Waals surface area contributed by atoms with Crippen LogP contribution in [0.25, 0.3) is 0 Å². The minimum Gasteiger partial charge on any atom is -0.381 e. The maximum absolute atomic E-state index is 13.4. The molecule has 1 spiro atoms. The first-order valence-corrected chi connectivity index (χ1v) is 10.3. The first-order valence-electron chi connectivity index (χ1n) is 10.3. The zero-order valence-corrected chi connectivity index (χ0v) is 16.1. The molecule has 1 aromatic rings. The van der Waals surface area contributed by atoms with Gasteiger partial charge in [0, 0.05) is 43.4 Å². The van der Waals surface area contributed by atoms with Crippen LogP contribution in [0.4, 0.5) is 14.9 Å². The van der Waals surface area contributed by atoms with Gasteiger partial charge in [-0.2, -0.15) is 0 Å². The Bertz CT molecular complexity index is 729. The van der Waals surface area contributed by atoms with Crippen molar-refractivity contribution in [3.8, 4) is 0 Å². The third-order valence-corrected chi connectivity index (χ3v) is 6.52. The Morgan fingerprint density at radius 2 is 1.93 bits per heavy atom. The lowest BCUT2D eigenvalue weighted by molar-refractivity contribution is -0.130. The van der Waals surface area contributed by atoms with Gasteiger partial charge in [-0.05, 0) is 43.9 Å². The van der Waals surface area contributed by atoms with Gasteiger partial charge >= 0.3 is 6.03 Å². The summed E-state index contributed by atoms with van der Waals surface area (Å²) < 4.78 is 18.9. The van der Waals surface area contributed by atoms with E-state index in [1.807, 2.05) is 0 Å². The molecule has 3 aliphatic rings. The summed E-state index contributed by atoms with van der Waals surface area (Å²) in [6, 6.07) is 5.83. The van der Waals surface area contributed by atoms with Crippen LogP contribution in [-0.2, 0) is 9.53 Å². The molecule has 1 saturated carbocycles. The van der Waals surface area contributed by atoms with Crippen molar-refractivity contribution in [2.24, 2.45) is 11.3 Å². The number of amides is 3. The van der Waals surface area contributed by atoms with Crippen molar-refractivity contribution in [1.29, 1.82) is 0 Å². The van der Waals surface area contributed by atoms with Gasteiger partial charge < -0.3 is 20.3 Å². The number of hydrogen-bond donors (Lipinski definition) is 2. The van der Waals surface area contributed by atoms with Crippen molar-refractivity contribution in [3.05, 3.63) is 30.1 Å². The first-order chi connectivity index (χ1) is 13.6. The van der Waals surface area contributed by atoms with Gasteiger partial charge in [-0.1, -0.05) is 18.9 Å². The minimum absolute atomic E-state index is 0.0647. The molecular weight excluding hydrogens is 361 g/mol. The van der Waals surface area contributed by atoms with Crippen LogP contribution in [0.3, 0.4) is 0 Å². The van der Waals surface area contributed by atoms with Crippen molar-refractivity contribution >= 4 is 17.6 Å². The number of carbonyl (C=O) groups excluding carboxylic acids is 2. The molecule has 0 bridgehead atoms. The van der Waals surface area contributed by atoms with Gasteiger partial charge in [0.05, 0.1) is 5.92 Å². The number of ether oxygens (including phenoxy) is 1. The molecule has 1 aromatic carbocycles. The smallest absolute Gasteiger partial charge is 0.321 e. The van der Waals surface area contributed by atoms with Crippen LogP contribution in [0.15, 0.2) is 24.3 Å². The molecule has 2 aliphatic heterocycles. The van der Waals surface area contributed by atoms with Crippen molar-refractivity contribution in [2.45, 2.75) is 44.6 Å². The predicted octanol–water partition coefficient (Wildman–Crippen LogP) is 3.15. The van der Waals surface area contributed by atoms with Crippen LogP contribution in [0.5, 0.6) is 0 Å². The highest BCUT2D eigenvalue weighted by Crippen LogP contribution is 2.44. The molecule has 0 aromatic heterocycles. The molecule has 4 rings (SSSR count). The number of urea groups is 1. The second kappa shape index (κ2) is 8.07. The van der Waals surface area contributed by atoms with Crippen LogP contribution in [0.1, 0.15) is 38.5 Å². The first kappa shape index (κ1) is 19.2. The fraction of sp³-hybridized carbons (Fsp3) is 0.619. The van der Waals surface area contributed by atoms with E-state index in [9.17, 15) is 14.0 Å². The molecule has 1 unspecified atom stereocenters. The monoisotopic (exact) mass is 389 g/mol. The minimum atomic E-state index is -0.395. The van der Waals surface area contributed by atoms with Crippen LogP contribution >= 0.6 is 0 Å². The molecule has 152 valence electrons. The number of hydrogen-bond acceptors (Lipinski definition) is 3. The fourth-order valence-corrected chi connectivity index (χ4v) is 4.91. The molecule has 7 heteroatoms. The highest BCUT2D eigenvalue weighted by Gasteiger charge is 2.52. The summed E-state index contributed by atoms with van der Waals surface area (Å²) in [5, 5.41) is 5.98. The standard InChI is InChI=1S/C21H28FN3O3/c22-15-4-3-7-17(12-15)24-20(27)25-13-18(19(26)23-16-5-1-2-6-16)21(14-25)8-10-28-11-9-21/h3-4,7,12,16,18H,1-2,5-6,8-11,13-14H2,(H,23,26)(H,24,27). The second-order valence-corrected chi connectivity index (χ2v) is 8.34. The topological polar surface area (TPSA) is 70.7 Å². The molecule has 1 atom stereocenters. The lowest BCUT2D eigenvalue weighted by atomic mass is 9.71. The summed E-state index contributed by atoms with van der Waals surface area (Å²) in [5.74, 6) is -0.556. The SMILES string of the molecule is O=C(NC1CCCC1)C1CN(C(=O)Nc2cccc(F)c2)CC12CCOCC2. The molecular formula is C21H28FN3O3. The number of benzene rings is 1. The molecule has 3 fully saturated rings. The van der Waals surface area contributed by atoms with Gasteiger partial charge in [-0.3, -0.25) is 4.79 Å². The summed E-state index contributed by atoms with van der Waals surface area (Å²) in [6.45, 7) is 2.15. The van der Waals surface area contributed by atoms with E-state index in [1.54, 1.807) is 17.0 Å². The van der Waals surface area contributed by atoms with Crippen molar-refractivity contribution in [1.82, 2.24) is 10.2 Å². The number of likely N-dealkylation sites (tertiary alicyclic amines) is 1. The molecule has 3 amide bonds. The van der Waals surface area contributed by atoms with Gasteiger partial charge in [0.25, 0.3) is 0 Å². The zero-order valence-electron chi connectivity index (χ0n) is 16.1.